The topological polar surface area (TPSA) is 69.9 Å². The molecule has 2 aliphatic rings. The Hall–Kier alpha value is -2.34. The van der Waals surface area contributed by atoms with Crippen molar-refractivity contribution in [3.8, 4) is 17.2 Å². The van der Waals surface area contributed by atoms with E-state index in [-0.39, 0.29) is 30.9 Å². The molecule has 4 rings (SSSR count). The SMILES string of the molecule is OCc1cc(O)cc2c1OC(c1ccc(O)cc1)C1CC(F)(F)CC21. The van der Waals surface area contributed by atoms with Gasteiger partial charge in [0.05, 0.1) is 6.61 Å². The number of hydrogen-bond acceptors (Lipinski definition) is 4. The summed E-state index contributed by atoms with van der Waals surface area (Å²) in [7, 11) is 0. The fraction of sp³-hybridized carbons (Fsp3) is 0.368. The molecule has 0 radical (unpaired) electrons. The number of hydrogen-bond donors (Lipinski definition) is 3. The highest BCUT2D eigenvalue weighted by Gasteiger charge is 2.53. The molecule has 25 heavy (non-hydrogen) atoms. The van der Waals surface area contributed by atoms with Crippen molar-refractivity contribution in [2.45, 2.75) is 37.4 Å². The third-order valence-electron chi connectivity index (χ3n) is 5.17. The van der Waals surface area contributed by atoms with Crippen LogP contribution in [0, 0.1) is 5.92 Å². The molecular weight excluding hydrogens is 330 g/mol. The van der Waals surface area contributed by atoms with Gasteiger partial charge in [-0.05, 0) is 29.8 Å². The third-order valence-corrected chi connectivity index (χ3v) is 5.17. The molecule has 0 saturated heterocycles. The van der Waals surface area contributed by atoms with Crippen LogP contribution in [0.4, 0.5) is 8.78 Å². The molecule has 1 saturated carbocycles. The van der Waals surface area contributed by atoms with Crippen LogP contribution in [0.5, 0.6) is 17.2 Å². The van der Waals surface area contributed by atoms with Crippen LogP contribution in [0.2, 0.25) is 0 Å². The van der Waals surface area contributed by atoms with Crippen LogP contribution in [-0.4, -0.2) is 21.2 Å². The molecule has 6 heteroatoms. The van der Waals surface area contributed by atoms with Gasteiger partial charge >= 0.3 is 0 Å². The minimum absolute atomic E-state index is 0.0663. The molecule has 2 aromatic carbocycles. The number of aliphatic hydroxyl groups is 1. The lowest BCUT2D eigenvalue weighted by atomic mass is 9.79. The highest BCUT2D eigenvalue weighted by molar-refractivity contribution is 5.51. The van der Waals surface area contributed by atoms with Gasteiger partial charge < -0.3 is 20.1 Å². The Balaban J connectivity index is 1.84. The van der Waals surface area contributed by atoms with E-state index in [1.165, 1.54) is 24.3 Å². The number of aromatic hydroxyl groups is 2. The maximum Gasteiger partial charge on any atom is 0.249 e. The summed E-state index contributed by atoms with van der Waals surface area (Å²) < 4.78 is 34.4. The summed E-state index contributed by atoms with van der Waals surface area (Å²) >= 11 is 0. The molecule has 1 aliphatic heterocycles. The van der Waals surface area contributed by atoms with E-state index < -0.39 is 23.9 Å². The largest absolute Gasteiger partial charge is 0.508 e. The minimum atomic E-state index is -2.81. The summed E-state index contributed by atoms with van der Waals surface area (Å²) in [6, 6.07) is 9.18. The molecule has 2 aromatic rings. The molecule has 0 spiro atoms. The molecule has 4 nitrogen and oxygen atoms in total. The second-order valence-electron chi connectivity index (χ2n) is 6.85. The zero-order valence-corrected chi connectivity index (χ0v) is 13.3. The van der Waals surface area contributed by atoms with Crippen LogP contribution in [0.1, 0.15) is 41.6 Å². The van der Waals surface area contributed by atoms with Gasteiger partial charge in [-0.3, -0.25) is 0 Å². The molecule has 0 aromatic heterocycles. The zero-order chi connectivity index (χ0) is 17.8. The monoisotopic (exact) mass is 348 g/mol. The molecule has 3 N–H and O–H groups in total. The number of rotatable bonds is 2. The first kappa shape index (κ1) is 16.1. The number of alkyl halides is 2. The standard InChI is InChI=1S/C19H18F2O4/c20-19(21)7-15-14-6-13(24)5-11(9-22)18(14)25-17(16(15)8-19)10-1-3-12(23)4-2-10/h1-6,15-17,22-24H,7-9H2. The maximum absolute atomic E-state index is 14.2. The van der Waals surface area contributed by atoms with E-state index in [2.05, 4.69) is 0 Å². The van der Waals surface area contributed by atoms with Gasteiger partial charge in [-0.25, -0.2) is 8.78 Å². The fourth-order valence-electron chi connectivity index (χ4n) is 4.13. The quantitative estimate of drug-likeness (QED) is 0.771. The van der Waals surface area contributed by atoms with Crippen molar-refractivity contribution in [3.63, 3.8) is 0 Å². The Morgan fingerprint density at radius 2 is 1.76 bits per heavy atom. The van der Waals surface area contributed by atoms with Gasteiger partial charge in [0.2, 0.25) is 5.92 Å². The number of fused-ring (bicyclic) bond motifs is 3. The lowest BCUT2D eigenvalue weighted by Gasteiger charge is -2.37. The van der Waals surface area contributed by atoms with Crippen molar-refractivity contribution in [1.29, 1.82) is 0 Å². The summed E-state index contributed by atoms with van der Waals surface area (Å²) in [5.74, 6) is -3.31. The van der Waals surface area contributed by atoms with E-state index in [1.807, 2.05) is 0 Å². The van der Waals surface area contributed by atoms with Gasteiger partial charge in [0.25, 0.3) is 0 Å². The number of phenols is 2. The van der Waals surface area contributed by atoms with Crippen LogP contribution >= 0.6 is 0 Å². The Labute approximate surface area is 143 Å². The summed E-state index contributed by atoms with van der Waals surface area (Å²) in [5.41, 5.74) is 1.61. The Kier molecular flexibility index (Phi) is 3.61. The van der Waals surface area contributed by atoms with Gasteiger partial charge in [-0.2, -0.15) is 0 Å². The van der Waals surface area contributed by atoms with Crippen molar-refractivity contribution in [2.24, 2.45) is 5.92 Å². The van der Waals surface area contributed by atoms with Gasteiger partial charge in [0.15, 0.2) is 0 Å². The van der Waals surface area contributed by atoms with Crippen molar-refractivity contribution >= 4 is 0 Å². The number of benzene rings is 2. The van der Waals surface area contributed by atoms with Gasteiger partial charge in [0.1, 0.15) is 23.4 Å². The first-order valence-electron chi connectivity index (χ1n) is 8.18. The number of phenolic OH excluding ortho intramolecular Hbond substituents is 2. The van der Waals surface area contributed by atoms with Gasteiger partial charge in [-0.1, -0.05) is 12.1 Å². The minimum Gasteiger partial charge on any atom is -0.508 e. The molecule has 1 fully saturated rings. The predicted molar refractivity (Wildman–Crippen MR) is 85.9 cm³/mol. The average Bonchev–Trinajstić information content (AvgIpc) is 2.90. The Morgan fingerprint density at radius 3 is 2.44 bits per heavy atom. The van der Waals surface area contributed by atoms with Crippen LogP contribution < -0.4 is 4.74 Å². The van der Waals surface area contributed by atoms with Crippen LogP contribution in [-0.2, 0) is 6.61 Å². The second kappa shape index (κ2) is 5.59. The van der Waals surface area contributed by atoms with Crippen LogP contribution in [0.15, 0.2) is 36.4 Å². The van der Waals surface area contributed by atoms with Crippen molar-refractivity contribution in [1.82, 2.24) is 0 Å². The van der Waals surface area contributed by atoms with E-state index in [4.69, 9.17) is 4.74 Å². The normalized spacial score (nSPS) is 26.6. The smallest absolute Gasteiger partial charge is 0.249 e. The maximum atomic E-state index is 14.2. The van der Waals surface area contributed by atoms with E-state index in [0.717, 1.165) is 0 Å². The van der Waals surface area contributed by atoms with Crippen molar-refractivity contribution in [2.75, 3.05) is 0 Å². The summed E-state index contributed by atoms with van der Waals surface area (Å²) in [4.78, 5) is 0. The molecule has 3 atom stereocenters. The number of ether oxygens (including phenoxy) is 1. The molecule has 132 valence electrons. The molecular formula is C19H18F2O4. The number of aliphatic hydroxyl groups excluding tert-OH is 1. The first-order chi connectivity index (χ1) is 11.9. The molecule has 0 bridgehead atoms. The van der Waals surface area contributed by atoms with Crippen LogP contribution in [0.3, 0.4) is 0 Å². The van der Waals surface area contributed by atoms with Gasteiger partial charge in [0, 0.05) is 35.8 Å². The lowest BCUT2D eigenvalue weighted by molar-refractivity contribution is -0.00244. The van der Waals surface area contributed by atoms with Crippen molar-refractivity contribution < 1.29 is 28.8 Å². The number of halogens is 2. The average molecular weight is 348 g/mol. The lowest BCUT2D eigenvalue weighted by Crippen LogP contribution is -2.27. The Morgan fingerprint density at radius 1 is 1.04 bits per heavy atom. The van der Waals surface area contributed by atoms with Crippen molar-refractivity contribution in [3.05, 3.63) is 53.1 Å². The molecule has 3 unspecified atom stereocenters. The Bertz CT molecular complexity index is 804. The third kappa shape index (κ3) is 2.70. The summed E-state index contributed by atoms with van der Waals surface area (Å²) in [5, 5.41) is 28.9. The summed E-state index contributed by atoms with van der Waals surface area (Å²) in [6.45, 7) is -0.354. The highest BCUT2D eigenvalue weighted by Crippen LogP contribution is 2.59. The fourth-order valence-corrected chi connectivity index (χ4v) is 4.13. The zero-order valence-electron chi connectivity index (χ0n) is 13.3. The second-order valence-corrected chi connectivity index (χ2v) is 6.85. The van der Waals surface area contributed by atoms with Gasteiger partial charge in [-0.15, -0.1) is 0 Å². The van der Waals surface area contributed by atoms with E-state index in [9.17, 15) is 24.1 Å². The first-order valence-corrected chi connectivity index (χ1v) is 8.18. The highest BCUT2D eigenvalue weighted by atomic mass is 19.3. The molecule has 0 amide bonds. The van der Waals surface area contributed by atoms with Crippen LogP contribution in [0.25, 0.3) is 0 Å². The predicted octanol–water partition coefficient (Wildman–Crippen LogP) is 3.85. The van der Waals surface area contributed by atoms with E-state index in [1.54, 1.807) is 12.1 Å². The summed E-state index contributed by atoms with van der Waals surface area (Å²) in [6.07, 6.45) is -1.20. The molecule has 1 heterocycles. The van der Waals surface area contributed by atoms with E-state index in [0.29, 0.717) is 22.4 Å². The van der Waals surface area contributed by atoms with E-state index >= 15 is 0 Å². The molecule has 1 aliphatic carbocycles.